The second-order valence-corrected chi connectivity index (χ2v) is 6.36. The highest BCUT2D eigenvalue weighted by molar-refractivity contribution is 5.84. The Morgan fingerprint density at radius 2 is 2.19 bits per heavy atom. The minimum atomic E-state index is -0.568. The van der Waals surface area contributed by atoms with Gasteiger partial charge in [0.1, 0.15) is 0 Å². The molecular weight excluding hydrogens is 266 g/mol. The number of primary amides is 1. The number of carbonyl (C=O) groups is 2. The molecule has 21 heavy (non-hydrogen) atoms. The van der Waals surface area contributed by atoms with E-state index in [1.807, 2.05) is 25.1 Å². The third kappa shape index (κ3) is 2.48. The summed E-state index contributed by atoms with van der Waals surface area (Å²) in [4.78, 5) is 25.7. The van der Waals surface area contributed by atoms with Gasteiger partial charge in [0.2, 0.25) is 11.8 Å². The summed E-state index contributed by atoms with van der Waals surface area (Å²) in [5.74, 6) is 0.0169. The lowest BCUT2D eigenvalue weighted by Crippen LogP contribution is -2.39. The van der Waals surface area contributed by atoms with Crippen LogP contribution in [0.2, 0.25) is 0 Å². The summed E-state index contributed by atoms with van der Waals surface area (Å²) in [6, 6.07) is 8.11. The first kappa shape index (κ1) is 13.9. The number of nitrogens with zero attached hydrogens (tertiary/aromatic N) is 1. The van der Waals surface area contributed by atoms with Crippen molar-refractivity contribution >= 4 is 17.5 Å². The molecule has 2 aliphatic heterocycles. The topological polar surface area (TPSA) is 75.4 Å². The van der Waals surface area contributed by atoms with Crippen LogP contribution >= 0.6 is 0 Å². The fourth-order valence-electron chi connectivity index (χ4n) is 3.25. The van der Waals surface area contributed by atoms with Gasteiger partial charge in [-0.15, -0.1) is 0 Å². The number of anilines is 1. The van der Waals surface area contributed by atoms with Crippen LogP contribution in [0, 0.1) is 5.41 Å². The molecule has 0 aromatic heterocycles. The van der Waals surface area contributed by atoms with Crippen LogP contribution in [-0.2, 0) is 9.59 Å². The molecule has 2 heterocycles. The summed E-state index contributed by atoms with van der Waals surface area (Å²) >= 11 is 0. The zero-order valence-corrected chi connectivity index (χ0v) is 12.3. The van der Waals surface area contributed by atoms with Gasteiger partial charge in [-0.3, -0.25) is 9.59 Å². The van der Waals surface area contributed by atoms with Crippen LogP contribution in [-0.4, -0.2) is 36.3 Å². The predicted octanol–water partition coefficient (Wildman–Crippen LogP) is 1.31. The van der Waals surface area contributed by atoms with E-state index in [-0.39, 0.29) is 17.7 Å². The maximum Gasteiger partial charge on any atom is 0.225 e. The van der Waals surface area contributed by atoms with Gasteiger partial charge < -0.3 is 16.0 Å². The van der Waals surface area contributed by atoms with Gasteiger partial charge in [-0.1, -0.05) is 18.2 Å². The zero-order valence-electron chi connectivity index (χ0n) is 12.3. The predicted molar refractivity (Wildman–Crippen MR) is 80.8 cm³/mol. The average Bonchev–Trinajstić information content (AvgIpc) is 3.05. The van der Waals surface area contributed by atoms with Crippen LogP contribution < -0.4 is 11.1 Å². The first-order valence-electron chi connectivity index (χ1n) is 7.40. The van der Waals surface area contributed by atoms with Gasteiger partial charge in [-0.05, 0) is 25.0 Å². The van der Waals surface area contributed by atoms with Crippen molar-refractivity contribution in [1.82, 2.24) is 4.90 Å². The standard InChI is InChI=1S/C16H21N3O2/c1-16(15(17)21)6-7-19(10-16)14(20)8-11-9-18-13-5-3-2-4-12(11)13/h2-5,11,18H,6-10H2,1H3,(H2,17,21). The maximum atomic E-state index is 12.5. The van der Waals surface area contributed by atoms with Crippen molar-refractivity contribution in [3.05, 3.63) is 29.8 Å². The first-order valence-corrected chi connectivity index (χ1v) is 7.40. The number of fused-ring (bicyclic) bond motifs is 1. The smallest absolute Gasteiger partial charge is 0.225 e. The van der Waals surface area contributed by atoms with E-state index in [1.54, 1.807) is 4.90 Å². The zero-order chi connectivity index (χ0) is 15.0. The van der Waals surface area contributed by atoms with Gasteiger partial charge in [0.05, 0.1) is 5.41 Å². The monoisotopic (exact) mass is 287 g/mol. The van der Waals surface area contributed by atoms with E-state index in [0.717, 1.165) is 12.2 Å². The number of para-hydroxylation sites is 1. The third-order valence-corrected chi connectivity index (χ3v) is 4.78. The Bertz CT molecular complexity index is 587. The number of hydrogen-bond donors (Lipinski definition) is 2. The summed E-state index contributed by atoms with van der Waals surface area (Å²) in [5, 5.41) is 3.34. The molecule has 2 atom stereocenters. The van der Waals surface area contributed by atoms with Gasteiger partial charge in [0.15, 0.2) is 0 Å². The highest BCUT2D eigenvalue weighted by Gasteiger charge is 2.41. The molecule has 0 aliphatic carbocycles. The van der Waals surface area contributed by atoms with E-state index in [0.29, 0.717) is 25.9 Å². The molecule has 5 heteroatoms. The van der Waals surface area contributed by atoms with Crippen molar-refractivity contribution in [2.45, 2.75) is 25.7 Å². The molecule has 3 rings (SSSR count). The Morgan fingerprint density at radius 3 is 2.90 bits per heavy atom. The normalized spacial score (nSPS) is 27.3. The maximum absolute atomic E-state index is 12.5. The SMILES string of the molecule is CC1(C(N)=O)CCN(C(=O)CC2CNc3ccccc32)C1. The molecule has 0 saturated carbocycles. The lowest BCUT2D eigenvalue weighted by atomic mass is 9.89. The molecule has 2 amide bonds. The lowest BCUT2D eigenvalue weighted by molar-refractivity contribution is -0.131. The van der Waals surface area contributed by atoms with E-state index < -0.39 is 5.41 Å². The Labute approximate surface area is 124 Å². The van der Waals surface area contributed by atoms with E-state index in [1.165, 1.54) is 5.56 Å². The summed E-state index contributed by atoms with van der Waals surface area (Å²) in [6.07, 6.45) is 1.15. The van der Waals surface area contributed by atoms with Crippen molar-refractivity contribution in [1.29, 1.82) is 0 Å². The van der Waals surface area contributed by atoms with Gasteiger partial charge in [0, 0.05) is 37.7 Å². The van der Waals surface area contributed by atoms with Crippen molar-refractivity contribution in [3.8, 4) is 0 Å². The fraction of sp³-hybridized carbons (Fsp3) is 0.500. The van der Waals surface area contributed by atoms with Gasteiger partial charge in [-0.25, -0.2) is 0 Å². The summed E-state index contributed by atoms with van der Waals surface area (Å²) < 4.78 is 0. The molecule has 2 aliphatic rings. The van der Waals surface area contributed by atoms with Crippen molar-refractivity contribution < 1.29 is 9.59 Å². The number of benzene rings is 1. The van der Waals surface area contributed by atoms with Crippen molar-refractivity contribution in [2.24, 2.45) is 11.1 Å². The molecule has 1 aromatic rings. The number of nitrogens with two attached hydrogens (primary N) is 1. The quantitative estimate of drug-likeness (QED) is 0.880. The molecule has 1 saturated heterocycles. The second-order valence-electron chi connectivity index (χ2n) is 6.36. The molecule has 0 spiro atoms. The Kier molecular flexibility index (Phi) is 3.35. The fourth-order valence-corrected chi connectivity index (χ4v) is 3.25. The molecule has 2 unspecified atom stereocenters. The highest BCUT2D eigenvalue weighted by atomic mass is 16.2. The van der Waals surface area contributed by atoms with Gasteiger partial charge in [-0.2, -0.15) is 0 Å². The van der Waals surface area contributed by atoms with Gasteiger partial charge >= 0.3 is 0 Å². The Balaban J connectivity index is 1.65. The number of carbonyl (C=O) groups excluding carboxylic acids is 2. The molecule has 3 N–H and O–H groups in total. The van der Waals surface area contributed by atoms with E-state index in [2.05, 4.69) is 11.4 Å². The van der Waals surface area contributed by atoms with Crippen LogP contribution in [0.5, 0.6) is 0 Å². The number of amides is 2. The largest absolute Gasteiger partial charge is 0.384 e. The van der Waals surface area contributed by atoms with Crippen LogP contribution in [0.3, 0.4) is 0 Å². The van der Waals surface area contributed by atoms with Crippen LogP contribution in [0.1, 0.15) is 31.2 Å². The third-order valence-electron chi connectivity index (χ3n) is 4.78. The molecule has 5 nitrogen and oxygen atoms in total. The molecule has 0 radical (unpaired) electrons. The summed E-state index contributed by atoms with van der Waals surface area (Å²) in [5.41, 5.74) is 7.20. The van der Waals surface area contributed by atoms with Crippen LogP contribution in [0.4, 0.5) is 5.69 Å². The lowest BCUT2D eigenvalue weighted by Gasteiger charge is -2.22. The number of hydrogen-bond acceptors (Lipinski definition) is 3. The molecule has 112 valence electrons. The number of likely N-dealkylation sites (tertiary alicyclic amines) is 1. The minimum Gasteiger partial charge on any atom is -0.384 e. The summed E-state index contributed by atoms with van der Waals surface area (Å²) in [6.45, 7) is 3.71. The molecule has 1 fully saturated rings. The van der Waals surface area contributed by atoms with E-state index >= 15 is 0 Å². The van der Waals surface area contributed by atoms with Gasteiger partial charge in [0.25, 0.3) is 0 Å². The molecular formula is C16H21N3O2. The van der Waals surface area contributed by atoms with E-state index in [9.17, 15) is 9.59 Å². The first-order chi connectivity index (χ1) is 9.99. The van der Waals surface area contributed by atoms with Crippen LogP contribution in [0.15, 0.2) is 24.3 Å². The molecule has 1 aromatic carbocycles. The number of rotatable bonds is 3. The molecule has 0 bridgehead atoms. The highest BCUT2D eigenvalue weighted by Crippen LogP contribution is 2.35. The summed E-state index contributed by atoms with van der Waals surface area (Å²) in [7, 11) is 0. The van der Waals surface area contributed by atoms with Crippen molar-refractivity contribution in [3.63, 3.8) is 0 Å². The Hall–Kier alpha value is -2.04. The second kappa shape index (κ2) is 5.06. The minimum absolute atomic E-state index is 0.114. The van der Waals surface area contributed by atoms with E-state index in [4.69, 9.17) is 5.73 Å². The Morgan fingerprint density at radius 1 is 1.43 bits per heavy atom. The average molecular weight is 287 g/mol. The van der Waals surface area contributed by atoms with Crippen LogP contribution in [0.25, 0.3) is 0 Å². The number of nitrogens with one attached hydrogen (secondary N) is 1. The van der Waals surface area contributed by atoms with Crippen molar-refractivity contribution in [2.75, 3.05) is 25.0 Å².